The van der Waals surface area contributed by atoms with Crippen LogP contribution in [0.4, 0.5) is 0 Å². The van der Waals surface area contributed by atoms with Crippen molar-refractivity contribution in [2.45, 2.75) is 22.7 Å². The molecule has 0 N–H and O–H groups in total. The minimum Gasteiger partial charge on any atom is -0.208 e. The third kappa shape index (κ3) is 8.02. The predicted molar refractivity (Wildman–Crippen MR) is 375 cm³/mol. The Bertz CT molecular complexity index is 5080. The molecule has 5 aliphatic carbocycles. The molecular formula is C88H56N6. The maximum Gasteiger partial charge on any atom is 0.164 e. The first-order chi connectivity index (χ1) is 46.6. The first-order valence-corrected chi connectivity index (χ1v) is 32.3. The number of hydrogen-bond acceptors (Lipinski definition) is 6. The maximum absolute atomic E-state index is 5.45. The number of nitrogens with zero attached hydrogens (tertiary/aromatic N) is 6. The molecule has 2 aromatic heterocycles. The van der Waals surface area contributed by atoms with Crippen LogP contribution in [0.25, 0.3) is 90.6 Å². The van der Waals surface area contributed by atoms with Crippen LogP contribution in [0.3, 0.4) is 0 Å². The van der Waals surface area contributed by atoms with Crippen molar-refractivity contribution in [1.29, 1.82) is 0 Å². The molecule has 2 atom stereocenters. The lowest BCUT2D eigenvalue weighted by Gasteiger charge is -2.42. The van der Waals surface area contributed by atoms with Gasteiger partial charge in [0, 0.05) is 45.2 Å². The molecule has 0 saturated carbocycles. The fourth-order valence-electron chi connectivity index (χ4n) is 16.4. The Morgan fingerprint density at radius 2 is 0.436 bits per heavy atom. The number of rotatable bonds is 10. The highest BCUT2D eigenvalue weighted by molar-refractivity contribution is 5.91. The van der Waals surface area contributed by atoms with Gasteiger partial charge in [-0.3, -0.25) is 0 Å². The van der Waals surface area contributed by atoms with Gasteiger partial charge in [-0.2, -0.15) is 0 Å². The van der Waals surface area contributed by atoms with Gasteiger partial charge in [0.2, 0.25) is 0 Å². The highest BCUT2D eigenvalue weighted by atomic mass is 15.0. The van der Waals surface area contributed by atoms with Gasteiger partial charge < -0.3 is 0 Å². The summed E-state index contributed by atoms with van der Waals surface area (Å²) in [6.45, 7) is 0. The van der Waals surface area contributed by atoms with Crippen molar-refractivity contribution in [2.75, 3.05) is 0 Å². The maximum atomic E-state index is 5.45. The Kier molecular flexibility index (Phi) is 12.1. The van der Waals surface area contributed by atoms with Crippen LogP contribution in [-0.2, 0) is 10.8 Å². The molecule has 0 amide bonds. The van der Waals surface area contributed by atoms with Crippen molar-refractivity contribution >= 4 is 0 Å². The fourth-order valence-corrected chi connectivity index (χ4v) is 16.4. The SMILES string of the molecule is c1ccc(-c2nc(-c3ccc4c(c3)-c3ccccc3C4(c3ccccc3)c3ccccc3)nc(-c3ccc4c(c3)C3c5ccccc5C4c4cc(-c5nc(-c6ccccc6)nc(-c6ccc7c(c6)-c6ccccc6C7(c6ccccc6)c6ccccc6)n5)ccc43)n2)cc1. The summed E-state index contributed by atoms with van der Waals surface area (Å²) in [5.74, 6) is 3.66. The van der Waals surface area contributed by atoms with E-state index in [-0.39, 0.29) is 11.8 Å². The summed E-state index contributed by atoms with van der Waals surface area (Å²) < 4.78 is 0. The predicted octanol–water partition coefficient (Wildman–Crippen LogP) is 19.8. The number of fused-ring (bicyclic) bond motifs is 6. The van der Waals surface area contributed by atoms with E-state index in [1.807, 2.05) is 36.4 Å². The monoisotopic (exact) mass is 1200 g/mol. The Balaban J connectivity index is 0.725. The largest absolute Gasteiger partial charge is 0.208 e. The number of benzene rings is 13. The minimum absolute atomic E-state index is 0.0386. The molecule has 2 unspecified atom stereocenters. The van der Waals surface area contributed by atoms with Crippen LogP contribution < -0.4 is 0 Å². The molecule has 0 aliphatic heterocycles. The van der Waals surface area contributed by atoms with E-state index in [9.17, 15) is 0 Å². The quantitative estimate of drug-likeness (QED) is 0.136. The van der Waals surface area contributed by atoms with Crippen molar-refractivity contribution in [3.63, 3.8) is 0 Å². The summed E-state index contributed by atoms with van der Waals surface area (Å²) in [7, 11) is 0. The van der Waals surface area contributed by atoms with Gasteiger partial charge in [-0.15, -0.1) is 0 Å². The molecule has 15 aromatic rings. The molecule has 2 bridgehead atoms. The Morgan fingerprint density at radius 3 is 0.787 bits per heavy atom. The van der Waals surface area contributed by atoms with Gasteiger partial charge in [0.05, 0.1) is 10.8 Å². The lowest BCUT2D eigenvalue weighted by atomic mass is 9.61. The van der Waals surface area contributed by atoms with Crippen molar-refractivity contribution < 1.29 is 0 Å². The second kappa shape index (κ2) is 21.2. The van der Waals surface area contributed by atoms with Gasteiger partial charge >= 0.3 is 0 Å². The summed E-state index contributed by atoms with van der Waals surface area (Å²) in [5.41, 5.74) is 26.9. The standard InChI is InChI=1S/C88H56N6/c1-7-25-55(26-8-1)81-89-83(93-85(91-81)59-45-49-77-71(51-59)65-37-21-23-41-75(65)87(77,61-29-11-3-12-30-61)62-31-13-4-14-32-62)57-43-47-69-73(53-57)79-67-39-19-20-40-68(67)80(69)74-54-58(44-48-70(74)79)84-90-82(56-27-9-2-10-28-56)92-86(94-84)60-46-50-78-72(52-60)66-38-22-24-42-76(66)88(78,63-33-15-5-16-34-63)64-35-17-6-18-36-64/h1-54,79-80H. The molecule has 0 radical (unpaired) electrons. The van der Waals surface area contributed by atoms with Crippen LogP contribution in [0, 0.1) is 0 Å². The highest BCUT2D eigenvalue weighted by Gasteiger charge is 2.48. The molecule has 0 fully saturated rings. The van der Waals surface area contributed by atoms with Gasteiger partial charge in [-0.25, -0.2) is 29.9 Å². The van der Waals surface area contributed by atoms with E-state index in [4.69, 9.17) is 29.9 Å². The van der Waals surface area contributed by atoms with Crippen LogP contribution >= 0.6 is 0 Å². The van der Waals surface area contributed by atoms with Crippen LogP contribution in [0.15, 0.2) is 328 Å². The van der Waals surface area contributed by atoms with E-state index in [0.717, 1.165) is 33.4 Å². The van der Waals surface area contributed by atoms with Crippen LogP contribution in [0.5, 0.6) is 0 Å². The van der Waals surface area contributed by atoms with Crippen LogP contribution in [-0.4, -0.2) is 29.9 Å². The van der Waals surface area contributed by atoms with Gasteiger partial charge in [0.25, 0.3) is 0 Å². The van der Waals surface area contributed by atoms with Crippen molar-refractivity contribution in [3.05, 3.63) is 405 Å². The highest BCUT2D eigenvalue weighted by Crippen LogP contribution is 2.60. The molecule has 0 spiro atoms. The fraction of sp³-hybridized carbons (Fsp3) is 0.0455. The second-order valence-corrected chi connectivity index (χ2v) is 25.1. The van der Waals surface area contributed by atoms with E-state index in [2.05, 4.69) is 291 Å². The first kappa shape index (κ1) is 53.7. The molecule has 13 aromatic carbocycles. The van der Waals surface area contributed by atoms with E-state index in [1.165, 1.54) is 100 Å². The molecule has 6 heteroatoms. The zero-order valence-electron chi connectivity index (χ0n) is 51.0. The van der Waals surface area contributed by atoms with Crippen LogP contribution in [0.1, 0.15) is 89.7 Å². The van der Waals surface area contributed by atoms with Crippen molar-refractivity contribution in [3.8, 4) is 90.6 Å². The van der Waals surface area contributed by atoms with E-state index < -0.39 is 10.8 Å². The molecule has 5 aliphatic rings. The summed E-state index contributed by atoms with van der Waals surface area (Å²) >= 11 is 0. The van der Waals surface area contributed by atoms with Gasteiger partial charge in [-0.1, -0.05) is 303 Å². The van der Waals surface area contributed by atoms with E-state index in [0.29, 0.717) is 34.9 Å². The Morgan fingerprint density at radius 1 is 0.181 bits per heavy atom. The third-order valence-corrected chi connectivity index (χ3v) is 20.3. The lowest BCUT2D eigenvalue weighted by molar-refractivity contribution is 0.754. The zero-order chi connectivity index (χ0) is 61.9. The topological polar surface area (TPSA) is 77.3 Å². The average Bonchev–Trinajstić information content (AvgIpc) is 1.45. The lowest BCUT2D eigenvalue weighted by Crippen LogP contribution is -2.28. The summed E-state index contributed by atoms with van der Waals surface area (Å²) in [6, 6.07) is 118. The third-order valence-electron chi connectivity index (χ3n) is 20.3. The molecule has 94 heavy (non-hydrogen) atoms. The zero-order valence-corrected chi connectivity index (χ0v) is 51.0. The average molecular weight is 1200 g/mol. The Hall–Kier alpha value is -12.1. The minimum atomic E-state index is -0.518. The smallest absolute Gasteiger partial charge is 0.164 e. The molecule has 438 valence electrons. The molecular weight excluding hydrogens is 1140 g/mol. The second-order valence-electron chi connectivity index (χ2n) is 25.1. The van der Waals surface area contributed by atoms with Gasteiger partial charge in [0.15, 0.2) is 34.9 Å². The van der Waals surface area contributed by atoms with Crippen molar-refractivity contribution in [2.24, 2.45) is 0 Å². The number of aromatic nitrogens is 6. The van der Waals surface area contributed by atoms with E-state index in [1.54, 1.807) is 0 Å². The molecule has 20 rings (SSSR count). The molecule has 0 saturated heterocycles. The normalized spacial score (nSPS) is 15.2. The van der Waals surface area contributed by atoms with Gasteiger partial charge in [-0.05, 0) is 124 Å². The Labute approximate surface area is 545 Å². The van der Waals surface area contributed by atoms with Gasteiger partial charge in [0.1, 0.15) is 0 Å². The van der Waals surface area contributed by atoms with E-state index >= 15 is 0 Å². The summed E-state index contributed by atoms with van der Waals surface area (Å²) in [5, 5.41) is 0. The van der Waals surface area contributed by atoms with Crippen molar-refractivity contribution in [1.82, 2.24) is 29.9 Å². The molecule has 6 nitrogen and oxygen atoms in total. The number of hydrogen-bond donors (Lipinski definition) is 0. The molecule has 2 heterocycles. The first-order valence-electron chi connectivity index (χ1n) is 32.3. The van der Waals surface area contributed by atoms with Crippen LogP contribution in [0.2, 0.25) is 0 Å². The summed E-state index contributed by atoms with van der Waals surface area (Å²) in [6.07, 6.45) is 0. The summed E-state index contributed by atoms with van der Waals surface area (Å²) in [4.78, 5) is 32.2.